The first-order valence-electron chi connectivity index (χ1n) is 7.92. The molecule has 0 bridgehead atoms. The van der Waals surface area contributed by atoms with E-state index < -0.39 is 0 Å². The van der Waals surface area contributed by atoms with E-state index >= 15 is 0 Å². The molecule has 0 spiro atoms. The zero-order chi connectivity index (χ0) is 15.2. The summed E-state index contributed by atoms with van der Waals surface area (Å²) in [6.45, 7) is 8.60. The second-order valence-corrected chi connectivity index (χ2v) is 6.85. The average molecular weight is 355 g/mol. The van der Waals surface area contributed by atoms with Crippen LogP contribution >= 0.6 is 15.9 Å². The van der Waals surface area contributed by atoms with Crippen molar-refractivity contribution in [2.45, 2.75) is 32.7 Å². The molecule has 21 heavy (non-hydrogen) atoms. The monoisotopic (exact) mass is 354 g/mol. The molecular formula is C17H27BrN2O. The topological polar surface area (TPSA) is 24.5 Å². The zero-order valence-corrected chi connectivity index (χ0v) is 14.9. The fourth-order valence-electron chi connectivity index (χ4n) is 3.05. The highest BCUT2D eigenvalue weighted by atomic mass is 79.9. The summed E-state index contributed by atoms with van der Waals surface area (Å²) >= 11 is 3.62. The Labute approximate surface area is 137 Å². The number of methoxy groups -OCH3 is 1. The molecule has 0 aliphatic carbocycles. The smallest absolute Gasteiger partial charge is 0.0508 e. The summed E-state index contributed by atoms with van der Waals surface area (Å²) < 4.78 is 6.47. The molecule has 0 aromatic heterocycles. The van der Waals surface area contributed by atoms with Crippen LogP contribution in [0.2, 0.25) is 0 Å². The molecule has 2 unspecified atom stereocenters. The molecule has 1 saturated heterocycles. The minimum atomic E-state index is 0.384. The third kappa shape index (κ3) is 4.44. The van der Waals surface area contributed by atoms with Crippen molar-refractivity contribution in [3.8, 4) is 0 Å². The second kappa shape index (κ2) is 8.16. The van der Waals surface area contributed by atoms with E-state index in [0.717, 1.165) is 37.1 Å². The Morgan fingerprint density at radius 3 is 3.00 bits per heavy atom. The Morgan fingerprint density at radius 2 is 2.29 bits per heavy atom. The standard InChI is InChI=1S/C17H27BrN2O/c1-4-8-19-13(2)16-6-5-15(18)10-17(16)20-9-7-14(11-20)12-21-3/h5-6,10,13-14,19H,4,7-9,11-12H2,1-3H3. The van der Waals surface area contributed by atoms with Gasteiger partial charge in [-0.1, -0.05) is 28.9 Å². The molecule has 2 rings (SSSR count). The SMILES string of the molecule is CCCNC(C)c1ccc(Br)cc1N1CCC(COC)C1. The number of hydrogen-bond acceptors (Lipinski definition) is 3. The van der Waals surface area contributed by atoms with Crippen LogP contribution in [-0.2, 0) is 4.74 Å². The Hall–Kier alpha value is -0.580. The van der Waals surface area contributed by atoms with Crippen LogP contribution in [-0.4, -0.2) is 33.4 Å². The third-order valence-corrected chi connectivity index (χ3v) is 4.68. The van der Waals surface area contributed by atoms with Crippen LogP contribution in [0.3, 0.4) is 0 Å². The van der Waals surface area contributed by atoms with Gasteiger partial charge in [0.05, 0.1) is 6.61 Å². The van der Waals surface area contributed by atoms with Crippen LogP contribution in [0.4, 0.5) is 5.69 Å². The predicted octanol–water partition coefficient (Wildman–Crippen LogP) is 3.98. The van der Waals surface area contributed by atoms with Crippen molar-refractivity contribution in [3.05, 3.63) is 28.2 Å². The minimum absolute atomic E-state index is 0.384. The quantitative estimate of drug-likeness (QED) is 0.801. The number of nitrogens with one attached hydrogen (secondary N) is 1. The van der Waals surface area contributed by atoms with Crippen LogP contribution in [0.1, 0.15) is 38.3 Å². The summed E-state index contributed by atoms with van der Waals surface area (Å²) in [5, 5.41) is 3.60. The van der Waals surface area contributed by atoms with Gasteiger partial charge in [-0.05, 0) is 44.0 Å². The number of nitrogens with zero attached hydrogens (tertiary/aromatic N) is 1. The molecule has 1 N–H and O–H groups in total. The van der Waals surface area contributed by atoms with Crippen molar-refractivity contribution in [2.24, 2.45) is 5.92 Å². The van der Waals surface area contributed by atoms with Gasteiger partial charge in [-0.3, -0.25) is 0 Å². The Morgan fingerprint density at radius 1 is 1.48 bits per heavy atom. The van der Waals surface area contributed by atoms with Crippen LogP contribution in [0.5, 0.6) is 0 Å². The predicted molar refractivity (Wildman–Crippen MR) is 93.0 cm³/mol. The van der Waals surface area contributed by atoms with E-state index in [-0.39, 0.29) is 0 Å². The summed E-state index contributed by atoms with van der Waals surface area (Å²) in [6.07, 6.45) is 2.38. The maximum absolute atomic E-state index is 5.32. The molecule has 1 aromatic rings. The van der Waals surface area contributed by atoms with Crippen LogP contribution < -0.4 is 10.2 Å². The first-order valence-corrected chi connectivity index (χ1v) is 8.71. The lowest BCUT2D eigenvalue weighted by Gasteiger charge is -2.26. The van der Waals surface area contributed by atoms with Gasteiger partial charge in [0.15, 0.2) is 0 Å². The molecule has 118 valence electrons. The van der Waals surface area contributed by atoms with Gasteiger partial charge in [-0.15, -0.1) is 0 Å². The summed E-state index contributed by atoms with van der Waals surface area (Å²) in [5.41, 5.74) is 2.75. The molecule has 1 fully saturated rings. The highest BCUT2D eigenvalue weighted by Crippen LogP contribution is 2.33. The zero-order valence-electron chi connectivity index (χ0n) is 13.4. The number of rotatable bonds is 7. The van der Waals surface area contributed by atoms with E-state index in [2.05, 4.69) is 58.2 Å². The molecule has 1 aliphatic heterocycles. The van der Waals surface area contributed by atoms with E-state index in [1.807, 2.05) is 0 Å². The van der Waals surface area contributed by atoms with E-state index in [1.165, 1.54) is 17.7 Å². The summed E-state index contributed by atoms with van der Waals surface area (Å²) in [4.78, 5) is 2.51. The Kier molecular flexibility index (Phi) is 6.52. The highest BCUT2D eigenvalue weighted by Gasteiger charge is 2.25. The lowest BCUT2D eigenvalue weighted by molar-refractivity contribution is 0.161. The van der Waals surface area contributed by atoms with E-state index in [9.17, 15) is 0 Å². The number of ether oxygens (including phenoxy) is 1. The largest absolute Gasteiger partial charge is 0.384 e. The van der Waals surface area contributed by atoms with E-state index in [0.29, 0.717) is 12.0 Å². The molecule has 0 saturated carbocycles. The van der Waals surface area contributed by atoms with Gasteiger partial charge in [0, 0.05) is 42.3 Å². The second-order valence-electron chi connectivity index (χ2n) is 5.94. The number of benzene rings is 1. The van der Waals surface area contributed by atoms with Gasteiger partial charge in [-0.25, -0.2) is 0 Å². The average Bonchev–Trinajstić information content (AvgIpc) is 2.93. The maximum atomic E-state index is 5.32. The van der Waals surface area contributed by atoms with Crippen molar-refractivity contribution < 1.29 is 4.74 Å². The Balaban J connectivity index is 2.15. The van der Waals surface area contributed by atoms with E-state index in [1.54, 1.807) is 7.11 Å². The van der Waals surface area contributed by atoms with Gasteiger partial charge in [0.2, 0.25) is 0 Å². The number of halogens is 1. The molecular weight excluding hydrogens is 328 g/mol. The van der Waals surface area contributed by atoms with Gasteiger partial charge < -0.3 is 15.0 Å². The third-order valence-electron chi connectivity index (χ3n) is 4.19. The number of hydrogen-bond donors (Lipinski definition) is 1. The van der Waals surface area contributed by atoms with Crippen LogP contribution in [0, 0.1) is 5.92 Å². The van der Waals surface area contributed by atoms with Gasteiger partial charge >= 0.3 is 0 Å². The normalized spacial score (nSPS) is 20.0. The molecule has 3 nitrogen and oxygen atoms in total. The van der Waals surface area contributed by atoms with Crippen molar-refractivity contribution in [2.75, 3.05) is 38.3 Å². The minimum Gasteiger partial charge on any atom is -0.384 e. The van der Waals surface area contributed by atoms with Crippen molar-refractivity contribution in [1.82, 2.24) is 5.32 Å². The first kappa shape index (κ1) is 16.8. The molecule has 1 aromatic carbocycles. The highest BCUT2D eigenvalue weighted by molar-refractivity contribution is 9.10. The van der Waals surface area contributed by atoms with Gasteiger partial charge in [-0.2, -0.15) is 0 Å². The molecule has 0 amide bonds. The fraction of sp³-hybridized carbons (Fsp3) is 0.647. The van der Waals surface area contributed by atoms with Crippen molar-refractivity contribution >= 4 is 21.6 Å². The molecule has 0 radical (unpaired) electrons. The van der Waals surface area contributed by atoms with Crippen molar-refractivity contribution in [1.29, 1.82) is 0 Å². The summed E-state index contributed by atoms with van der Waals surface area (Å²) in [6, 6.07) is 7.03. The summed E-state index contributed by atoms with van der Waals surface area (Å²) in [5.74, 6) is 0.653. The lowest BCUT2D eigenvalue weighted by atomic mass is 10.0. The van der Waals surface area contributed by atoms with E-state index in [4.69, 9.17) is 4.74 Å². The van der Waals surface area contributed by atoms with Crippen molar-refractivity contribution in [3.63, 3.8) is 0 Å². The molecule has 1 heterocycles. The Bertz CT molecular complexity index is 452. The molecule has 1 aliphatic rings. The lowest BCUT2D eigenvalue weighted by Crippen LogP contribution is -2.26. The fourth-order valence-corrected chi connectivity index (χ4v) is 3.40. The van der Waals surface area contributed by atoms with Crippen LogP contribution in [0.25, 0.3) is 0 Å². The van der Waals surface area contributed by atoms with Gasteiger partial charge in [0.1, 0.15) is 0 Å². The van der Waals surface area contributed by atoms with Crippen LogP contribution in [0.15, 0.2) is 22.7 Å². The van der Waals surface area contributed by atoms with Gasteiger partial charge in [0.25, 0.3) is 0 Å². The molecule has 2 atom stereocenters. The molecule has 4 heteroatoms. The maximum Gasteiger partial charge on any atom is 0.0508 e. The summed E-state index contributed by atoms with van der Waals surface area (Å²) in [7, 11) is 1.80. The first-order chi connectivity index (χ1) is 10.2. The number of anilines is 1.